The highest BCUT2D eigenvalue weighted by molar-refractivity contribution is 5.72. The number of benzene rings is 2. The van der Waals surface area contributed by atoms with E-state index in [-0.39, 0.29) is 37.4 Å². The van der Waals surface area contributed by atoms with Crippen LogP contribution in [0.15, 0.2) is 95.3 Å². The maximum atomic E-state index is 11.9. The third-order valence-corrected chi connectivity index (χ3v) is 6.56. The molecule has 0 atom stereocenters. The average Bonchev–Trinajstić information content (AvgIpc) is 3.11. The maximum Gasteiger partial charge on any atom is 0.407 e. The Morgan fingerprint density at radius 3 is 1.46 bits per heavy atom. The highest BCUT2D eigenvalue weighted by Crippen LogP contribution is 2.04. The lowest BCUT2D eigenvalue weighted by Crippen LogP contribution is -2.27. The second kappa shape index (κ2) is 16.6. The van der Waals surface area contributed by atoms with Gasteiger partial charge in [-0.15, -0.1) is 0 Å². The number of hydrogen-bond acceptors (Lipinski definition) is 12. The predicted octanol–water partition coefficient (Wildman–Crippen LogP) is 2.36. The molecule has 2 aromatic carbocycles. The van der Waals surface area contributed by atoms with Crippen molar-refractivity contribution in [3.63, 3.8) is 0 Å². The monoisotopic (exact) mass is 650 g/mol. The number of alkyl carbamates (subject to hydrolysis) is 2. The third kappa shape index (κ3) is 9.71. The molecule has 0 fully saturated rings. The molecule has 0 unspecified atom stereocenters. The van der Waals surface area contributed by atoms with Crippen LogP contribution in [0.4, 0.5) is 9.59 Å². The van der Waals surface area contributed by atoms with Crippen LogP contribution in [-0.2, 0) is 35.5 Å². The standard InChI is InChI=1S/2C16H15N5O3/c2*22-15-12-8-17-10-19-14(12)20-13(21-15)6-7-18-16(23)24-9-11-4-2-1-3-5-11/h2*1-5,8,10H,6-7,9H2,(H,18,23)(H,17,19,20,21,22). The topological polar surface area (TPSA) is 220 Å². The summed E-state index contributed by atoms with van der Waals surface area (Å²) in [5.74, 6) is 0.879. The van der Waals surface area contributed by atoms with Gasteiger partial charge in [-0.2, -0.15) is 0 Å². The van der Waals surface area contributed by atoms with E-state index in [9.17, 15) is 19.2 Å². The van der Waals surface area contributed by atoms with Crippen molar-refractivity contribution in [3.05, 3.63) is 129 Å². The zero-order chi connectivity index (χ0) is 33.6. The minimum atomic E-state index is -0.524. The molecular formula is C32H30N10O6. The molecule has 0 saturated carbocycles. The van der Waals surface area contributed by atoms with Gasteiger partial charge in [0.1, 0.15) is 48.3 Å². The Kier molecular flexibility index (Phi) is 11.4. The molecule has 244 valence electrons. The van der Waals surface area contributed by atoms with Gasteiger partial charge in [-0.3, -0.25) is 9.59 Å². The molecule has 0 aliphatic carbocycles. The number of amides is 2. The molecule has 0 saturated heterocycles. The van der Waals surface area contributed by atoms with Crippen molar-refractivity contribution >= 4 is 34.3 Å². The van der Waals surface area contributed by atoms with Gasteiger partial charge in [0, 0.05) is 38.3 Å². The van der Waals surface area contributed by atoms with Crippen molar-refractivity contribution in [2.75, 3.05) is 13.1 Å². The highest BCUT2D eigenvalue weighted by atomic mass is 16.6. The van der Waals surface area contributed by atoms with Crippen molar-refractivity contribution in [1.29, 1.82) is 0 Å². The quantitative estimate of drug-likeness (QED) is 0.168. The molecule has 2 amide bonds. The number of ether oxygens (including phenoxy) is 2. The molecule has 0 spiro atoms. The summed E-state index contributed by atoms with van der Waals surface area (Å²) >= 11 is 0. The van der Waals surface area contributed by atoms with Crippen molar-refractivity contribution < 1.29 is 19.1 Å². The number of fused-ring (bicyclic) bond motifs is 2. The Balaban J connectivity index is 0.000000188. The fourth-order valence-electron chi connectivity index (χ4n) is 4.20. The van der Waals surface area contributed by atoms with Crippen LogP contribution >= 0.6 is 0 Å². The van der Waals surface area contributed by atoms with E-state index < -0.39 is 12.2 Å². The molecule has 0 bridgehead atoms. The van der Waals surface area contributed by atoms with E-state index in [1.54, 1.807) is 0 Å². The van der Waals surface area contributed by atoms with Gasteiger partial charge < -0.3 is 30.1 Å². The molecule has 0 aliphatic heterocycles. The van der Waals surface area contributed by atoms with Crippen molar-refractivity contribution in [3.8, 4) is 0 Å². The molecule has 4 heterocycles. The lowest BCUT2D eigenvalue weighted by atomic mass is 10.2. The number of nitrogens with zero attached hydrogens (tertiary/aromatic N) is 6. The zero-order valence-corrected chi connectivity index (χ0v) is 25.5. The average molecular weight is 651 g/mol. The molecule has 4 N–H and O–H groups in total. The minimum absolute atomic E-state index is 0.203. The SMILES string of the molecule is O=C(NCCc1nc2ncncc2c(=O)[nH]1)OCc1ccccc1.O=C(NCCc1nc2ncncc2c(=O)[nH]1)OCc1ccccc1. The second-order valence-electron chi connectivity index (χ2n) is 10.0. The number of carbonyl (C=O) groups is 2. The maximum absolute atomic E-state index is 11.9. The molecule has 48 heavy (non-hydrogen) atoms. The molecule has 16 heteroatoms. The van der Waals surface area contributed by atoms with E-state index in [0.717, 1.165) is 11.1 Å². The van der Waals surface area contributed by atoms with E-state index in [0.29, 0.717) is 46.6 Å². The lowest BCUT2D eigenvalue weighted by Gasteiger charge is -2.07. The first-order valence-electron chi connectivity index (χ1n) is 14.7. The summed E-state index contributed by atoms with van der Waals surface area (Å²) in [6, 6.07) is 18.8. The number of carbonyl (C=O) groups excluding carboxylic acids is 2. The van der Waals surface area contributed by atoms with Crippen LogP contribution in [0, 0.1) is 0 Å². The minimum Gasteiger partial charge on any atom is -0.445 e. The molecular weight excluding hydrogens is 620 g/mol. The highest BCUT2D eigenvalue weighted by Gasteiger charge is 2.08. The van der Waals surface area contributed by atoms with E-state index >= 15 is 0 Å². The summed E-state index contributed by atoms with van der Waals surface area (Å²) in [6.07, 6.45) is 5.16. The van der Waals surface area contributed by atoms with E-state index in [2.05, 4.69) is 50.5 Å². The Labute approximate surface area is 272 Å². The van der Waals surface area contributed by atoms with Gasteiger partial charge in [-0.1, -0.05) is 60.7 Å². The molecule has 6 aromatic rings. The number of aromatic nitrogens is 8. The molecule has 6 rings (SSSR count). The van der Waals surface area contributed by atoms with E-state index in [1.165, 1.54) is 25.0 Å². The molecule has 0 aliphatic rings. The Morgan fingerprint density at radius 2 is 1.04 bits per heavy atom. The summed E-state index contributed by atoms with van der Waals surface area (Å²) in [6.45, 7) is 0.976. The fraction of sp³-hybridized carbons (Fsp3) is 0.188. The van der Waals surface area contributed by atoms with Crippen LogP contribution in [0.5, 0.6) is 0 Å². The summed E-state index contributed by atoms with van der Waals surface area (Å²) in [5.41, 5.74) is 1.87. The number of aromatic amines is 2. The fourth-order valence-corrected chi connectivity index (χ4v) is 4.20. The Bertz CT molecular complexity index is 1940. The van der Waals surface area contributed by atoms with Gasteiger partial charge in [0.05, 0.1) is 0 Å². The smallest absolute Gasteiger partial charge is 0.407 e. The first kappa shape index (κ1) is 32.8. The zero-order valence-electron chi connectivity index (χ0n) is 25.5. The summed E-state index contributed by atoms with van der Waals surface area (Å²) < 4.78 is 10.2. The summed E-state index contributed by atoms with van der Waals surface area (Å²) in [7, 11) is 0. The van der Waals surface area contributed by atoms with E-state index in [4.69, 9.17) is 9.47 Å². The van der Waals surface area contributed by atoms with Gasteiger partial charge in [-0.05, 0) is 11.1 Å². The number of nitrogens with one attached hydrogen (secondary N) is 4. The van der Waals surface area contributed by atoms with Gasteiger partial charge in [0.15, 0.2) is 11.3 Å². The molecule has 16 nitrogen and oxygen atoms in total. The van der Waals surface area contributed by atoms with Crippen molar-refractivity contribution in [1.82, 2.24) is 50.5 Å². The van der Waals surface area contributed by atoms with E-state index in [1.807, 2.05) is 60.7 Å². The summed E-state index contributed by atoms with van der Waals surface area (Å²) in [5, 5.41) is 5.89. The second-order valence-corrected chi connectivity index (χ2v) is 10.0. The normalized spacial score (nSPS) is 10.5. The largest absolute Gasteiger partial charge is 0.445 e. The first-order chi connectivity index (χ1) is 23.4. The Hall–Kier alpha value is -6.58. The van der Waals surface area contributed by atoms with Gasteiger partial charge in [0.25, 0.3) is 11.1 Å². The number of rotatable bonds is 10. The van der Waals surface area contributed by atoms with Gasteiger partial charge in [-0.25, -0.2) is 39.5 Å². The third-order valence-electron chi connectivity index (χ3n) is 6.56. The number of H-pyrrole nitrogens is 2. The van der Waals surface area contributed by atoms with Crippen molar-refractivity contribution in [2.24, 2.45) is 0 Å². The van der Waals surface area contributed by atoms with Crippen molar-refractivity contribution in [2.45, 2.75) is 26.1 Å². The Morgan fingerprint density at radius 1 is 0.625 bits per heavy atom. The van der Waals surface area contributed by atoms with Crippen LogP contribution in [0.3, 0.4) is 0 Å². The van der Waals surface area contributed by atoms with Crippen LogP contribution in [0.2, 0.25) is 0 Å². The molecule has 0 radical (unpaired) electrons. The molecule has 4 aromatic heterocycles. The van der Waals surface area contributed by atoms with Crippen LogP contribution in [-0.4, -0.2) is 65.1 Å². The van der Waals surface area contributed by atoms with Gasteiger partial charge >= 0.3 is 12.2 Å². The lowest BCUT2D eigenvalue weighted by molar-refractivity contribution is 0.139. The summed E-state index contributed by atoms with van der Waals surface area (Å²) in [4.78, 5) is 76.2. The van der Waals surface area contributed by atoms with Crippen LogP contribution in [0.25, 0.3) is 22.1 Å². The first-order valence-corrected chi connectivity index (χ1v) is 14.7. The van der Waals surface area contributed by atoms with Crippen LogP contribution in [0.1, 0.15) is 22.8 Å². The number of hydrogen-bond donors (Lipinski definition) is 4. The van der Waals surface area contributed by atoms with Crippen LogP contribution < -0.4 is 21.8 Å². The predicted molar refractivity (Wildman–Crippen MR) is 173 cm³/mol. The van der Waals surface area contributed by atoms with Gasteiger partial charge in [0.2, 0.25) is 0 Å².